The van der Waals surface area contributed by atoms with E-state index in [1.54, 1.807) is 12.1 Å². The molecule has 0 aliphatic carbocycles. The Morgan fingerprint density at radius 1 is 1.28 bits per heavy atom. The van der Waals surface area contributed by atoms with Gasteiger partial charge >= 0.3 is 0 Å². The van der Waals surface area contributed by atoms with Gasteiger partial charge in [-0.15, -0.1) is 0 Å². The fraction of sp³-hybridized carbons (Fsp3) is 0.429. The van der Waals surface area contributed by atoms with Gasteiger partial charge in [0.15, 0.2) is 0 Å². The van der Waals surface area contributed by atoms with Crippen molar-refractivity contribution in [2.24, 2.45) is 5.10 Å². The van der Waals surface area contributed by atoms with Gasteiger partial charge in [0, 0.05) is 15.7 Å². The van der Waals surface area contributed by atoms with E-state index in [1.807, 2.05) is 12.1 Å². The predicted molar refractivity (Wildman–Crippen MR) is 78.9 cm³/mol. The molecule has 1 N–H and O–H groups in total. The third-order valence-corrected chi connectivity index (χ3v) is 2.97. The first kappa shape index (κ1) is 14.9. The molecule has 1 rings (SSSR count). The van der Waals surface area contributed by atoms with Gasteiger partial charge < -0.3 is 0 Å². The Balaban J connectivity index is 2.66. The largest absolute Gasteiger partial charge is 0.271 e. The molecule has 4 heteroatoms. The molecule has 0 bridgehead atoms. The molecule has 0 saturated carbocycles. The lowest BCUT2D eigenvalue weighted by Crippen LogP contribution is -2.19. The summed E-state index contributed by atoms with van der Waals surface area (Å²) in [5.41, 5.74) is 4.29. The van der Waals surface area contributed by atoms with Gasteiger partial charge in [0.2, 0.25) is 0 Å². The minimum atomic E-state index is -0.166. The summed E-state index contributed by atoms with van der Waals surface area (Å²) in [5.74, 6) is -0.166. The van der Waals surface area contributed by atoms with E-state index in [-0.39, 0.29) is 5.91 Å². The molecule has 0 saturated heterocycles. The third kappa shape index (κ3) is 5.00. The van der Waals surface area contributed by atoms with E-state index in [4.69, 9.17) is 0 Å². The van der Waals surface area contributed by atoms with Crippen LogP contribution in [0.2, 0.25) is 0 Å². The van der Waals surface area contributed by atoms with Crippen molar-refractivity contribution in [3.05, 3.63) is 34.3 Å². The lowest BCUT2D eigenvalue weighted by molar-refractivity contribution is 0.0954. The lowest BCUT2D eigenvalue weighted by atomic mass is 10.1. The fourth-order valence-corrected chi connectivity index (χ4v) is 2.04. The Morgan fingerprint density at radius 2 is 1.94 bits per heavy atom. The molecule has 0 fully saturated rings. The minimum absolute atomic E-state index is 0.166. The zero-order chi connectivity index (χ0) is 13.4. The number of rotatable bonds is 6. The number of nitrogens with zero attached hydrogens (tertiary/aromatic N) is 1. The average Bonchev–Trinajstić information content (AvgIpc) is 2.36. The number of hydrazone groups is 1. The van der Waals surface area contributed by atoms with Crippen LogP contribution in [-0.4, -0.2) is 11.6 Å². The zero-order valence-corrected chi connectivity index (χ0v) is 12.5. The number of carbonyl (C=O) groups is 1. The summed E-state index contributed by atoms with van der Waals surface area (Å²) in [7, 11) is 0. The molecule has 0 radical (unpaired) electrons. The number of halogens is 1. The van der Waals surface area contributed by atoms with Crippen LogP contribution >= 0.6 is 15.9 Å². The second-order valence-electron chi connectivity index (χ2n) is 4.13. The van der Waals surface area contributed by atoms with Crippen molar-refractivity contribution in [1.82, 2.24) is 5.43 Å². The monoisotopic (exact) mass is 310 g/mol. The van der Waals surface area contributed by atoms with Gasteiger partial charge in [-0.05, 0) is 31.0 Å². The highest BCUT2D eigenvalue weighted by molar-refractivity contribution is 9.10. The first-order chi connectivity index (χ1) is 8.67. The first-order valence-corrected chi connectivity index (χ1v) is 7.08. The van der Waals surface area contributed by atoms with Crippen molar-refractivity contribution in [2.75, 3.05) is 0 Å². The molecule has 0 aromatic heterocycles. The zero-order valence-electron chi connectivity index (χ0n) is 10.9. The molecular formula is C14H19BrN2O. The summed E-state index contributed by atoms with van der Waals surface area (Å²) >= 11 is 3.34. The Morgan fingerprint density at radius 3 is 2.50 bits per heavy atom. The molecule has 0 aliphatic heterocycles. The van der Waals surface area contributed by atoms with Gasteiger partial charge in [0.1, 0.15) is 0 Å². The van der Waals surface area contributed by atoms with Crippen molar-refractivity contribution in [3.63, 3.8) is 0 Å². The van der Waals surface area contributed by atoms with Gasteiger partial charge in [0.05, 0.1) is 0 Å². The van der Waals surface area contributed by atoms with Crippen molar-refractivity contribution in [1.29, 1.82) is 0 Å². The molecule has 0 heterocycles. The van der Waals surface area contributed by atoms with Crippen LogP contribution in [0, 0.1) is 0 Å². The molecule has 0 spiro atoms. The lowest BCUT2D eigenvalue weighted by Gasteiger charge is -2.05. The van der Waals surface area contributed by atoms with Gasteiger partial charge in [0.25, 0.3) is 5.91 Å². The molecule has 18 heavy (non-hydrogen) atoms. The number of nitrogens with one attached hydrogen (secondary N) is 1. The second kappa shape index (κ2) is 8.03. The summed E-state index contributed by atoms with van der Waals surface area (Å²) in [5, 5.41) is 4.21. The number of carbonyl (C=O) groups excluding carboxylic acids is 1. The van der Waals surface area contributed by atoms with Crippen LogP contribution in [0.4, 0.5) is 0 Å². The quantitative estimate of drug-likeness (QED) is 0.623. The van der Waals surface area contributed by atoms with Crippen LogP contribution in [0.25, 0.3) is 0 Å². The molecule has 98 valence electrons. The van der Waals surface area contributed by atoms with E-state index in [0.29, 0.717) is 5.56 Å². The summed E-state index contributed by atoms with van der Waals surface area (Å²) in [6.07, 6.45) is 3.97. The maximum Gasteiger partial charge on any atom is 0.271 e. The van der Waals surface area contributed by atoms with Gasteiger partial charge in [-0.25, -0.2) is 5.43 Å². The molecule has 0 aliphatic rings. The summed E-state index contributed by atoms with van der Waals surface area (Å²) in [4.78, 5) is 11.9. The Hall–Kier alpha value is -1.16. The van der Waals surface area contributed by atoms with Gasteiger partial charge in [-0.1, -0.05) is 48.7 Å². The molecule has 1 amide bonds. The molecular weight excluding hydrogens is 292 g/mol. The summed E-state index contributed by atoms with van der Waals surface area (Å²) in [6.45, 7) is 4.22. The van der Waals surface area contributed by atoms with Crippen LogP contribution in [0.5, 0.6) is 0 Å². The van der Waals surface area contributed by atoms with Crippen LogP contribution < -0.4 is 5.43 Å². The van der Waals surface area contributed by atoms with Crippen molar-refractivity contribution in [2.45, 2.75) is 39.5 Å². The number of hydrogen-bond donors (Lipinski definition) is 1. The highest BCUT2D eigenvalue weighted by Crippen LogP contribution is 2.11. The normalized spacial score (nSPS) is 9.94. The predicted octanol–water partition coefficient (Wildman–Crippen LogP) is 4.14. The standard InChI is InChI=1S/C14H19BrN2O/c1-3-6-13(7-4-2)16-17-14(18)11-8-5-9-12(15)10-11/h5,8-10H,3-4,6-7H2,1-2H3,(H,17,18). The van der Waals surface area contributed by atoms with E-state index in [0.717, 1.165) is 35.9 Å². The average molecular weight is 311 g/mol. The van der Waals surface area contributed by atoms with Crippen LogP contribution in [-0.2, 0) is 0 Å². The number of hydrogen-bond acceptors (Lipinski definition) is 2. The third-order valence-electron chi connectivity index (χ3n) is 2.48. The molecule has 3 nitrogen and oxygen atoms in total. The summed E-state index contributed by atoms with van der Waals surface area (Å²) in [6, 6.07) is 7.28. The van der Waals surface area contributed by atoms with E-state index in [9.17, 15) is 4.79 Å². The van der Waals surface area contributed by atoms with Gasteiger partial charge in [-0.2, -0.15) is 5.10 Å². The van der Waals surface area contributed by atoms with E-state index >= 15 is 0 Å². The number of benzene rings is 1. The molecule has 0 unspecified atom stereocenters. The van der Waals surface area contributed by atoms with E-state index < -0.39 is 0 Å². The Bertz CT molecular complexity index is 422. The first-order valence-electron chi connectivity index (χ1n) is 6.28. The van der Waals surface area contributed by atoms with Crippen LogP contribution in [0.1, 0.15) is 49.9 Å². The van der Waals surface area contributed by atoms with Crippen molar-refractivity contribution >= 4 is 27.5 Å². The smallest absolute Gasteiger partial charge is 0.267 e. The van der Waals surface area contributed by atoms with Crippen LogP contribution in [0.15, 0.2) is 33.8 Å². The second-order valence-corrected chi connectivity index (χ2v) is 5.04. The van der Waals surface area contributed by atoms with Crippen molar-refractivity contribution < 1.29 is 4.79 Å². The SMILES string of the molecule is CCCC(CCC)=NNC(=O)c1cccc(Br)c1. The number of amides is 1. The molecule has 0 atom stereocenters. The summed E-state index contributed by atoms with van der Waals surface area (Å²) < 4.78 is 0.890. The molecule has 1 aromatic carbocycles. The highest BCUT2D eigenvalue weighted by atomic mass is 79.9. The van der Waals surface area contributed by atoms with Crippen molar-refractivity contribution in [3.8, 4) is 0 Å². The van der Waals surface area contributed by atoms with Crippen LogP contribution in [0.3, 0.4) is 0 Å². The minimum Gasteiger partial charge on any atom is -0.267 e. The van der Waals surface area contributed by atoms with E-state index in [1.165, 1.54) is 0 Å². The Kier molecular flexibility index (Phi) is 6.65. The maximum absolute atomic E-state index is 11.9. The highest BCUT2D eigenvalue weighted by Gasteiger charge is 2.05. The van der Waals surface area contributed by atoms with E-state index in [2.05, 4.69) is 40.3 Å². The maximum atomic E-state index is 11.9. The topological polar surface area (TPSA) is 41.5 Å². The molecule has 1 aromatic rings. The fourth-order valence-electron chi connectivity index (χ4n) is 1.64. The van der Waals surface area contributed by atoms with Gasteiger partial charge in [-0.3, -0.25) is 4.79 Å². The Labute approximate surface area is 117 Å².